The summed E-state index contributed by atoms with van der Waals surface area (Å²) < 4.78 is 8.65. The molecule has 0 radical (unpaired) electrons. The van der Waals surface area contributed by atoms with Crippen LogP contribution in [0.15, 0.2) is 77.3 Å². The zero-order valence-corrected chi connectivity index (χ0v) is 15.5. The minimum atomic E-state index is 0.907. The lowest BCUT2D eigenvalue weighted by molar-refractivity contribution is 0.669. The highest BCUT2D eigenvalue weighted by Gasteiger charge is 2.14. The summed E-state index contributed by atoms with van der Waals surface area (Å²) in [6.45, 7) is 2.17. The molecule has 3 heteroatoms. The number of benzene rings is 3. The molecular formula is C24H15NOS. The average molecular weight is 365 g/mol. The summed E-state index contributed by atoms with van der Waals surface area (Å²) in [5.74, 6) is 0. The molecule has 0 unspecified atom stereocenters. The Morgan fingerprint density at radius 1 is 0.741 bits per heavy atom. The summed E-state index contributed by atoms with van der Waals surface area (Å²) in [5, 5.41) is 4.88. The van der Waals surface area contributed by atoms with Crippen molar-refractivity contribution in [3.05, 3.63) is 78.5 Å². The topological polar surface area (TPSA) is 26.0 Å². The average Bonchev–Trinajstić information content (AvgIpc) is 3.26. The third kappa shape index (κ3) is 2.09. The Morgan fingerprint density at radius 2 is 1.56 bits per heavy atom. The number of rotatable bonds is 1. The fraction of sp³-hybridized carbons (Fsp3) is 0.0417. The van der Waals surface area contributed by atoms with Crippen LogP contribution >= 0.6 is 11.3 Å². The van der Waals surface area contributed by atoms with Gasteiger partial charge in [-0.25, -0.2) is 0 Å². The number of para-hydroxylation sites is 1. The first-order chi connectivity index (χ1) is 13.3. The molecule has 0 atom stereocenters. The van der Waals surface area contributed by atoms with Gasteiger partial charge in [-0.1, -0.05) is 42.5 Å². The van der Waals surface area contributed by atoms with Gasteiger partial charge in [0, 0.05) is 38.0 Å². The molecule has 3 heterocycles. The zero-order chi connectivity index (χ0) is 18.0. The van der Waals surface area contributed by atoms with Crippen molar-refractivity contribution in [1.29, 1.82) is 0 Å². The second kappa shape index (κ2) is 5.41. The van der Waals surface area contributed by atoms with Crippen molar-refractivity contribution in [3.8, 4) is 11.3 Å². The number of nitrogens with zero attached hydrogens (tertiary/aromatic N) is 1. The molecular weight excluding hydrogens is 350 g/mol. The summed E-state index contributed by atoms with van der Waals surface area (Å²) in [4.78, 5) is 4.73. The zero-order valence-electron chi connectivity index (χ0n) is 14.7. The maximum atomic E-state index is 6.08. The summed E-state index contributed by atoms with van der Waals surface area (Å²) in [6.07, 6.45) is 1.91. The highest BCUT2D eigenvalue weighted by atomic mass is 32.1. The highest BCUT2D eigenvalue weighted by molar-refractivity contribution is 7.26. The van der Waals surface area contributed by atoms with E-state index in [9.17, 15) is 0 Å². The van der Waals surface area contributed by atoms with E-state index in [0.29, 0.717) is 0 Å². The number of hydrogen-bond donors (Lipinski definition) is 0. The molecule has 6 aromatic rings. The SMILES string of the molecule is Cc1cccc2c1sc1c(-c3ccc4c(c3)oc3ccccc34)nccc12. The molecule has 3 aromatic heterocycles. The molecule has 0 N–H and O–H groups in total. The van der Waals surface area contributed by atoms with Gasteiger partial charge in [-0.3, -0.25) is 4.98 Å². The second-order valence-corrected chi connectivity index (χ2v) is 7.92. The molecule has 6 rings (SSSR count). The van der Waals surface area contributed by atoms with Crippen molar-refractivity contribution in [3.63, 3.8) is 0 Å². The summed E-state index contributed by atoms with van der Waals surface area (Å²) >= 11 is 1.83. The van der Waals surface area contributed by atoms with Crippen LogP contribution in [0, 0.1) is 6.92 Å². The van der Waals surface area contributed by atoms with Crippen molar-refractivity contribution in [2.24, 2.45) is 0 Å². The molecule has 0 aliphatic carbocycles. The van der Waals surface area contributed by atoms with E-state index >= 15 is 0 Å². The Bertz CT molecular complexity index is 1490. The number of hydrogen-bond acceptors (Lipinski definition) is 3. The number of furan rings is 1. The van der Waals surface area contributed by atoms with Gasteiger partial charge in [0.1, 0.15) is 11.2 Å². The maximum Gasteiger partial charge on any atom is 0.136 e. The standard InChI is InChI=1S/C24H15NOS/c1-14-5-4-7-18-19-11-12-25-22(24(19)27-23(14)18)15-9-10-17-16-6-2-3-8-20(16)26-21(17)13-15/h2-13H,1H3. The van der Waals surface area contributed by atoms with E-state index in [1.165, 1.54) is 25.7 Å². The Morgan fingerprint density at radius 3 is 2.52 bits per heavy atom. The van der Waals surface area contributed by atoms with E-state index in [-0.39, 0.29) is 0 Å². The third-order valence-corrected chi connectivity index (χ3v) is 6.63. The molecule has 0 amide bonds. The first-order valence-electron chi connectivity index (χ1n) is 8.98. The van der Waals surface area contributed by atoms with E-state index < -0.39 is 0 Å². The van der Waals surface area contributed by atoms with Gasteiger partial charge >= 0.3 is 0 Å². The second-order valence-electron chi connectivity index (χ2n) is 6.90. The fourth-order valence-corrected chi connectivity index (χ4v) is 5.22. The third-order valence-electron chi connectivity index (χ3n) is 5.26. The van der Waals surface area contributed by atoms with Crippen LogP contribution in [-0.2, 0) is 0 Å². The van der Waals surface area contributed by atoms with Crippen LogP contribution in [0.25, 0.3) is 53.4 Å². The first kappa shape index (κ1) is 14.9. The lowest BCUT2D eigenvalue weighted by Gasteiger charge is -2.02. The van der Waals surface area contributed by atoms with Gasteiger partial charge in [0.15, 0.2) is 0 Å². The Kier molecular flexibility index (Phi) is 3.00. The molecule has 0 aliphatic heterocycles. The summed E-state index contributed by atoms with van der Waals surface area (Å²) in [6, 6.07) is 23.2. The molecule has 0 saturated heterocycles. The van der Waals surface area contributed by atoms with Crippen LogP contribution in [0.5, 0.6) is 0 Å². The largest absolute Gasteiger partial charge is 0.456 e. The molecule has 0 saturated carbocycles. The Labute approximate surface area is 159 Å². The molecule has 2 nitrogen and oxygen atoms in total. The Balaban J connectivity index is 1.66. The van der Waals surface area contributed by atoms with Crippen molar-refractivity contribution < 1.29 is 4.42 Å². The predicted octanol–water partition coefficient (Wildman–Crippen LogP) is 7.32. The molecule has 128 valence electrons. The summed E-state index contributed by atoms with van der Waals surface area (Å²) in [7, 11) is 0. The highest BCUT2D eigenvalue weighted by Crippen LogP contribution is 2.41. The van der Waals surface area contributed by atoms with Gasteiger partial charge in [0.2, 0.25) is 0 Å². The summed E-state index contributed by atoms with van der Waals surface area (Å²) in [5.41, 5.74) is 5.26. The van der Waals surface area contributed by atoms with Crippen LogP contribution in [0.3, 0.4) is 0 Å². The number of aromatic nitrogens is 1. The van der Waals surface area contributed by atoms with E-state index in [4.69, 9.17) is 9.40 Å². The molecule has 0 fully saturated rings. The van der Waals surface area contributed by atoms with E-state index in [0.717, 1.165) is 33.2 Å². The molecule has 3 aromatic carbocycles. The molecule has 0 aliphatic rings. The number of fused-ring (bicyclic) bond motifs is 6. The number of thiophene rings is 1. The van der Waals surface area contributed by atoms with Crippen molar-refractivity contribution in [1.82, 2.24) is 4.98 Å². The van der Waals surface area contributed by atoms with Crippen LogP contribution < -0.4 is 0 Å². The molecule has 0 bridgehead atoms. The normalized spacial score (nSPS) is 11.9. The van der Waals surface area contributed by atoms with Gasteiger partial charge < -0.3 is 4.42 Å². The van der Waals surface area contributed by atoms with Gasteiger partial charge in [-0.15, -0.1) is 11.3 Å². The first-order valence-corrected chi connectivity index (χ1v) is 9.80. The molecule has 27 heavy (non-hydrogen) atoms. The lowest BCUT2D eigenvalue weighted by Crippen LogP contribution is -1.83. The van der Waals surface area contributed by atoms with Crippen molar-refractivity contribution >= 4 is 53.4 Å². The van der Waals surface area contributed by atoms with Crippen LogP contribution in [0.2, 0.25) is 0 Å². The van der Waals surface area contributed by atoms with E-state index in [2.05, 4.69) is 55.5 Å². The van der Waals surface area contributed by atoms with Gasteiger partial charge in [-0.05, 0) is 36.8 Å². The monoisotopic (exact) mass is 365 g/mol. The number of pyridine rings is 1. The van der Waals surface area contributed by atoms with Gasteiger partial charge in [0.05, 0.1) is 10.4 Å². The van der Waals surface area contributed by atoms with Gasteiger partial charge in [0.25, 0.3) is 0 Å². The van der Waals surface area contributed by atoms with E-state index in [1.54, 1.807) is 0 Å². The van der Waals surface area contributed by atoms with Crippen molar-refractivity contribution in [2.75, 3.05) is 0 Å². The smallest absolute Gasteiger partial charge is 0.136 e. The molecule has 0 spiro atoms. The van der Waals surface area contributed by atoms with Gasteiger partial charge in [-0.2, -0.15) is 0 Å². The lowest BCUT2D eigenvalue weighted by atomic mass is 10.1. The van der Waals surface area contributed by atoms with Crippen LogP contribution in [-0.4, -0.2) is 4.98 Å². The number of aryl methyl sites for hydroxylation is 1. The maximum absolute atomic E-state index is 6.08. The van der Waals surface area contributed by atoms with E-state index in [1.807, 2.05) is 35.7 Å². The quantitative estimate of drug-likeness (QED) is 0.305. The predicted molar refractivity (Wildman–Crippen MR) is 115 cm³/mol. The van der Waals surface area contributed by atoms with Crippen LogP contribution in [0.4, 0.5) is 0 Å². The Hall–Kier alpha value is -3.17. The minimum Gasteiger partial charge on any atom is -0.456 e. The van der Waals surface area contributed by atoms with Crippen LogP contribution in [0.1, 0.15) is 5.56 Å². The minimum absolute atomic E-state index is 0.907. The van der Waals surface area contributed by atoms with Crippen molar-refractivity contribution in [2.45, 2.75) is 6.92 Å². The fourth-order valence-electron chi connectivity index (χ4n) is 3.94.